The van der Waals surface area contributed by atoms with Crippen LogP contribution in [0.5, 0.6) is 0 Å². The van der Waals surface area contributed by atoms with Crippen LogP contribution in [-0.2, 0) is 0 Å². The summed E-state index contributed by atoms with van der Waals surface area (Å²) in [6.45, 7) is 0. The van der Waals surface area contributed by atoms with E-state index in [4.69, 9.17) is 20.7 Å². The fourth-order valence-electron chi connectivity index (χ4n) is 7.21. The molecule has 11 rings (SSSR count). The van der Waals surface area contributed by atoms with Gasteiger partial charge in [-0.25, -0.2) is 15.0 Å². The SMILES string of the molecule is [2H]c1c([2H])c([2H])c(-c2nc(-c3ccccc3)nc(-c3ccc4c(c3)oc3cc5oc6cc(-n7c8ccccc8c8ccccc87)ccc6c5cc34)n2)c([2H])c1[2H]. The third kappa shape index (κ3) is 4.33. The van der Waals surface area contributed by atoms with Gasteiger partial charge in [0.1, 0.15) is 22.3 Å². The summed E-state index contributed by atoms with van der Waals surface area (Å²) in [5, 5.41) is 6.19. The van der Waals surface area contributed by atoms with E-state index in [9.17, 15) is 0 Å². The van der Waals surface area contributed by atoms with Gasteiger partial charge >= 0.3 is 0 Å². The van der Waals surface area contributed by atoms with Crippen LogP contribution in [-0.4, -0.2) is 19.5 Å². The molecule has 0 saturated heterocycles. The molecule has 0 aliphatic carbocycles. The van der Waals surface area contributed by atoms with Crippen molar-refractivity contribution < 1.29 is 15.7 Å². The highest BCUT2D eigenvalue weighted by atomic mass is 16.3. The predicted octanol–water partition coefficient (Wildman–Crippen LogP) is 11.8. The highest BCUT2D eigenvalue weighted by molar-refractivity contribution is 6.16. The van der Waals surface area contributed by atoms with Crippen molar-refractivity contribution in [3.8, 4) is 39.9 Å². The average Bonchev–Trinajstić information content (AvgIpc) is 3.89. The first-order chi connectivity index (χ1) is 27.3. The maximum absolute atomic E-state index is 8.60. The molecule has 6 nitrogen and oxygen atoms in total. The molecule has 0 fully saturated rings. The van der Waals surface area contributed by atoms with Crippen molar-refractivity contribution >= 4 is 65.7 Å². The summed E-state index contributed by atoms with van der Waals surface area (Å²) in [5.74, 6) is 0.543. The molecule has 51 heavy (non-hydrogen) atoms. The van der Waals surface area contributed by atoms with Crippen LogP contribution in [0, 0.1) is 0 Å². The molecule has 0 saturated carbocycles. The van der Waals surface area contributed by atoms with Crippen LogP contribution in [0.4, 0.5) is 0 Å². The monoisotopic (exact) mass is 659 g/mol. The molecular formula is C45H26N4O2. The lowest BCUT2D eigenvalue weighted by atomic mass is 10.1. The van der Waals surface area contributed by atoms with Gasteiger partial charge in [0.15, 0.2) is 17.5 Å². The number of fused-ring (bicyclic) bond motifs is 9. The Bertz CT molecular complexity index is 3360. The molecule has 0 aliphatic rings. The maximum Gasteiger partial charge on any atom is 0.164 e. The number of hydrogen-bond donors (Lipinski definition) is 0. The standard InChI is InChI=1S/C45H26N4O2/c1-3-11-27(12-4-1)43-46-44(28-13-5-2-6-14-28)48-45(47-43)29-19-21-33-35-25-36-34-22-20-30(24-40(34)51-42(36)26-41(35)50-39(33)23-29)49-37-17-9-7-15-31(37)32-16-8-10-18-38(32)49/h1-26H/i1D,3D,4D,11D,12D. The number of hydrogen-bond acceptors (Lipinski definition) is 5. The van der Waals surface area contributed by atoms with E-state index in [1.807, 2.05) is 54.6 Å². The molecule has 0 N–H and O–H groups in total. The molecule has 0 atom stereocenters. The van der Waals surface area contributed by atoms with Gasteiger partial charge in [0.2, 0.25) is 0 Å². The number of aromatic nitrogens is 4. The summed E-state index contributed by atoms with van der Waals surface area (Å²) in [5.41, 5.74) is 7.22. The van der Waals surface area contributed by atoms with Crippen LogP contribution in [0.15, 0.2) is 166 Å². The zero-order valence-electron chi connectivity index (χ0n) is 31.7. The lowest BCUT2D eigenvalue weighted by molar-refractivity contribution is 0.656. The van der Waals surface area contributed by atoms with E-state index in [1.165, 1.54) is 10.8 Å². The topological polar surface area (TPSA) is 69.9 Å². The van der Waals surface area contributed by atoms with Crippen LogP contribution in [0.25, 0.3) is 106 Å². The van der Waals surface area contributed by atoms with Crippen molar-refractivity contribution in [3.63, 3.8) is 0 Å². The molecule has 0 unspecified atom stereocenters. The Morgan fingerprint density at radius 3 is 1.65 bits per heavy atom. The molecule has 4 heterocycles. The van der Waals surface area contributed by atoms with Crippen molar-refractivity contribution in [2.45, 2.75) is 0 Å². The van der Waals surface area contributed by atoms with Crippen molar-refractivity contribution in [1.82, 2.24) is 19.5 Å². The fourth-order valence-corrected chi connectivity index (χ4v) is 7.21. The quantitative estimate of drug-likeness (QED) is 0.188. The van der Waals surface area contributed by atoms with Gasteiger partial charge in [-0.3, -0.25) is 0 Å². The van der Waals surface area contributed by atoms with Gasteiger partial charge in [-0.1, -0.05) is 103 Å². The first kappa shape index (κ1) is 23.3. The molecule has 0 aliphatic heterocycles. The number of benzene rings is 7. The Kier molecular flexibility index (Phi) is 4.91. The van der Waals surface area contributed by atoms with E-state index in [1.54, 1.807) is 0 Å². The summed E-state index contributed by atoms with van der Waals surface area (Å²) in [4.78, 5) is 14.1. The number of nitrogens with zero attached hydrogens (tertiary/aromatic N) is 4. The number of rotatable bonds is 4. The van der Waals surface area contributed by atoms with Crippen molar-refractivity contribution in [2.24, 2.45) is 0 Å². The Balaban J connectivity index is 1.04. The maximum atomic E-state index is 8.60. The van der Waals surface area contributed by atoms with E-state index in [0.717, 1.165) is 43.8 Å². The molecule has 6 heteroatoms. The van der Waals surface area contributed by atoms with Gasteiger partial charge in [-0.2, -0.15) is 0 Å². The Labute approximate surface area is 297 Å². The van der Waals surface area contributed by atoms with Gasteiger partial charge in [0, 0.05) is 66.8 Å². The molecule has 7 aromatic carbocycles. The second-order valence-corrected chi connectivity index (χ2v) is 12.5. The third-order valence-electron chi connectivity index (χ3n) is 9.54. The smallest absolute Gasteiger partial charge is 0.164 e. The van der Waals surface area contributed by atoms with Gasteiger partial charge in [-0.15, -0.1) is 0 Å². The molecule has 0 amide bonds. The van der Waals surface area contributed by atoms with Gasteiger partial charge in [0.05, 0.1) is 17.9 Å². The normalized spacial score (nSPS) is 13.3. The summed E-state index contributed by atoms with van der Waals surface area (Å²) in [6.07, 6.45) is 0. The first-order valence-corrected chi connectivity index (χ1v) is 16.5. The highest BCUT2D eigenvalue weighted by Crippen LogP contribution is 2.39. The zero-order valence-corrected chi connectivity index (χ0v) is 26.7. The van der Waals surface area contributed by atoms with Gasteiger partial charge in [-0.05, 0) is 42.5 Å². The lowest BCUT2D eigenvalue weighted by Gasteiger charge is -2.08. The van der Waals surface area contributed by atoms with E-state index >= 15 is 0 Å². The molecule has 0 bridgehead atoms. The van der Waals surface area contributed by atoms with Gasteiger partial charge < -0.3 is 13.4 Å². The third-order valence-corrected chi connectivity index (χ3v) is 9.54. The van der Waals surface area contributed by atoms with E-state index in [2.05, 4.69) is 87.3 Å². The second-order valence-electron chi connectivity index (χ2n) is 12.5. The molecule has 11 aromatic rings. The Morgan fingerprint density at radius 2 is 0.961 bits per heavy atom. The molecule has 238 valence electrons. The van der Waals surface area contributed by atoms with Crippen molar-refractivity contribution in [3.05, 3.63) is 158 Å². The van der Waals surface area contributed by atoms with Crippen LogP contribution >= 0.6 is 0 Å². The fraction of sp³-hybridized carbons (Fsp3) is 0. The summed E-state index contributed by atoms with van der Waals surface area (Å²) < 4.78 is 57.0. The molecule has 0 radical (unpaired) electrons. The van der Waals surface area contributed by atoms with Crippen molar-refractivity contribution in [2.75, 3.05) is 0 Å². The summed E-state index contributed by atoms with van der Waals surface area (Å²) >= 11 is 0. The number of para-hydroxylation sites is 2. The van der Waals surface area contributed by atoms with Crippen LogP contribution < -0.4 is 0 Å². The first-order valence-electron chi connectivity index (χ1n) is 19.0. The van der Waals surface area contributed by atoms with Crippen LogP contribution in [0.1, 0.15) is 6.85 Å². The Hall–Kier alpha value is -7.05. The van der Waals surface area contributed by atoms with E-state index < -0.39 is 18.1 Å². The Morgan fingerprint density at radius 1 is 0.412 bits per heavy atom. The molecule has 0 spiro atoms. The van der Waals surface area contributed by atoms with Crippen LogP contribution in [0.3, 0.4) is 0 Å². The van der Waals surface area contributed by atoms with E-state index in [-0.39, 0.29) is 29.3 Å². The predicted molar refractivity (Wildman–Crippen MR) is 205 cm³/mol. The van der Waals surface area contributed by atoms with Crippen molar-refractivity contribution in [1.29, 1.82) is 0 Å². The largest absolute Gasteiger partial charge is 0.456 e. The summed E-state index contributed by atoms with van der Waals surface area (Å²) in [7, 11) is 0. The molecular weight excluding hydrogens is 629 g/mol. The second kappa shape index (κ2) is 10.7. The lowest BCUT2D eigenvalue weighted by Crippen LogP contribution is -2.00. The average molecular weight is 660 g/mol. The van der Waals surface area contributed by atoms with Gasteiger partial charge in [0.25, 0.3) is 0 Å². The highest BCUT2D eigenvalue weighted by Gasteiger charge is 2.18. The van der Waals surface area contributed by atoms with Crippen LogP contribution in [0.2, 0.25) is 0 Å². The minimum atomic E-state index is -0.486. The zero-order chi connectivity index (χ0) is 37.8. The summed E-state index contributed by atoms with van der Waals surface area (Å²) in [6, 6.07) is 40.0. The minimum absolute atomic E-state index is 0.0240. The van der Waals surface area contributed by atoms with E-state index in [0.29, 0.717) is 33.7 Å². The molecule has 4 aromatic heterocycles. The minimum Gasteiger partial charge on any atom is -0.456 e. The number of furan rings is 2.